The Labute approximate surface area is 226 Å². The molecule has 1 heterocycles. The summed E-state index contributed by atoms with van der Waals surface area (Å²) in [5, 5.41) is 12.8. The van der Waals surface area contributed by atoms with E-state index < -0.39 is 0 Å². The largest absolute Gasteiger partial charge is 0.497 e. The van der Waals surface area contributed by atoms with Crippen LogP contribution in [0.15, 0.2) is 120 Å². The van der Waals surface area contributed by atoms with E-state index in [1.165, 1.54) is 17.3 Å². The van der Waals surface area contributed by atoms with Gasteiger partial charge in [0.05, 0.1) is 18.9 Å². The first-order chi connectivity index (χ1) is 18.7. The average Bonchev–Trinajstić information content (AvgIpc) is 3.41. The predicted octanol–water partition coefficient (Wildman–Crippen LogP) is 6.14. The van der Waals surface area contributed by atoms with Gasteiger partial charge in [-0.1, -0.05) is 103 Å². The fraction of sp³-hybridized carbons (Fsp3) is 0.129. The number of ether oxygens (including phenoxy) is 1. The SMILES string of the molecule is COc1cccc(-c2nnc(SCC(=O)NC(Cc3ccccc3)c3ccccc3)n2-c2ccccc2)c1. The molecule has 1 atom stereocenters. The lowest BCUT2D eigenvalue weighted by Gasteiger charge is -2.19. The van der Waals surface area contributed by atoms with Crippen LogP contribution in [0.5, 0.6) is 5.75 Å². The number of thioether (sulfide) groups is 1. The highest BCUT2D eigenvalue weighted by molar-refractivity contribution is 7.99. The van der Waals surface area contributed by atoms with Crippen LogP contribution < -0.4 is 10.1 Å². The minimum absolute atomic E-state index is 0.0645. The van der Waals surface area contributed by atoms with Gasteiger partial charge in [0.1, 0.15) is 5.75 Å². The van der Waals surface area contributed by atoms with Crippen molar-refractivity contribution in [2.24, 2.45) is 0 Å². The highest BCUT2D eigenvalue weighted by Crippen LogP contribution is 2.30. The number of carbonyl (C=O) groups is 1. The normalized spacial score (nSPS) is 11.6. The number of rotatable bonds is 10. The molecular formula is C31H28N4O2S. The predicted molar refractivity (Wildman–Crippen MR) is 152 cm³/mol. The number of hydrogen-bond acceptors (Lipinski definition) is 5. The molecule has 0 bridgehead atoms. The molecule has 0 spiro atoms. The van der Waals surface area contributed by atoms with E-state index in [1.54, 1.807) is 7.11 Å². The molecule has 0 radical (unpaired) electrons. The maximum Gasteiger partial charge on any atom is 0.230 e. The molecule has 0 aliphatic carbocycles. The Hall–Kier alpha value is -4.36. The first-order valence-electron chi connectivity index (χ1n) is 12.4. The number of amides is 1. The Kier molecular flexibility index (Phi) is 8.16. The van der Waals surface area contributed by atoms with Crippen LogP contribution in [-0.2, 0) is 11.2 Å². The molecule has 1 N–H and O–H groups in total. The van der Waals surface area contributed by atoms with Crippen LogP contribution in [0.3, 0.4) is 0 Å². The summed E-state index contributed by atoms with van der Waals surface area (Å²) in [5.74, 6) is 1.57. The summed E-state index contributed by atoms with van der Waals surface area (Å²) in [6, 6.07) is 37.8. The summed E-state index contributed by atoms with van der Waals surface area (Å²) in [5.41, 5.74) is 4.04. The summed E-state index contributed by atoms with van der Waals surface area (Å²) in [4.78, 5) is 13.2. The van der Waals surface area contributed by atoms with Gasteiger partial charge in [-0.05, 0) is 41.8 Å². The topological polar surface area (TPSA) is 69.0 Å². The summed E-state index contributed by atoms with van der Waals surface area (Å²) >= 11 is 1.36. The summed E-state index contributed by atoms with van der Waals surface area (Å²) in [6.45, 7) is 0. The molecule has 0 saturated carbocycles. The van der Waals surface area contributed by atoms with Gasteiger partial charge in [0.15, 0.2) is 11.0 Å². The molecule has 6 nitrogen and oxygen atoms in total. The lowest BCUT2D eigenvalue weighted by Crippen LogP contribution is -2.31. The summed E-state index contributed by atoms with van der Waals surface area (Å²) in [6.07, 6.45) is 0.710. The van der Waals surface area contributed by atoms with Crippen molar-refractivity contribution in [1.82, 2.24) is 20.1 Å². The van der Waals surface area contributed by atoms with Crippen LogP contribution in [0.2, 0.25) is 0 Å². The molecule has 0 saturated heterocycles. The maximum absolute atomic E-state index is 13.2. The molecule has 5 aromatic rings. The van der Waals surface area contributed by atoms with Gasteiger partial charge in [-0.2, -0.15) is 0 Å². The Morgan fingerprint density at radius 2 is 1.55 bits per heavy atom. The van der Waals surface area contributed by atoms with Gasteiger partial charge >= 0.3 is 0 Å². The minimum Gasteiger partial charge on any atom is -0.497 e. The molecule has 190 valence electrons. The van der Waals surface area contributed by atoms with Crippen molar-refractivity contribution in [1.29, 1.82) is 0 Å². The second-order valence-electron chi connectivity index (χ2n) is 8.72. The lowest BCUT2D eigenvalue weighted by molar-refractivity contribution is -0.119. The number of hydrogen-bond donors (Lipinski definition) is 1. The average molecular weight is 521 g/mol. The van der Waals surface area contributed by atoms with Crippen LogP contribution in [0.4, 0.5) is 0 Å². The number of benzene rings is 4. The third-order valence-corrected chi connectivity index (χ3v) is 7.06. The van der Waals surface area contributed by atoms with E-state index in [0.29, 0.717) is 17.4 Å². The van der Waals surface area contributed by atoms with E-state index in [-0.39, 0.29) is 17.7 Å². The van der Waals surface area contributed by atoms with Gasteiger partial charge in [0, 0.05) is 11.3 Å². The van der Waals surface area contributed by atoms with E-state index in [9.17, 15) is 4.79 Å². The van der Waals surface area contributed by atoms with E-state index >= 15 is 0 Å². The number of aromatic nitrogens is 3. The molecule has 0 aliphatic rings. The minimum atomic E-state index is -0.133. The lowest BCUT2D eigenvalue weighted by atomic mass is 9.99. The van der Waals surface area contributed by atoms with Crippen LogP contribution in [0.25, 0.3) is 17.1 Å². The van der Waals surface area contributed by atoms with Gasteiger partial charge in [0.25, 0.3) is 0 Å². The second kappa shape index (κ2) is 12.3. The van der Waals surface area contributed by atoms with Gasteiger partial charge in [-0.3, -0.25) is 9.36 Å². The highest BCUT2D eigenvalue weighted by atomic mass is 32.2. The zero-order valence-electron chi connectivity index (χ0n) is 21.0. The molecule has 7 heteroatoms. The van der Waals surface area contributed by atoms with Crippen molar-refractivity contribution < 1.29 is 9.53 Å². The monoisotopic (exact) mass is 520 g/mol. The van der Waals surface area contributed by atoms with Gasteiger partial charge < -0.3 is 10.1 Å². The number of nitrogens with one attached hydrogen (secondary N) is 1. The van der Waals surface area contributed by atoms with Gasteiger partial charge in [-0.25, -0.2) is 0 Å². The smallest absolute Gasteiger partial charge is 0.230 e. The fourth-order valence-corrected chi connectivity index (χ4v) is 5.04. The summed E-state index contributed by atoms with van der Waals surface area (Å²) < 4.78 is 7.39. The number of methoxy groups -OCH3 is 1. The molecule has 1 aromatic heterocycles. The van der Waals surface area contributed by atoms with Crippen molar-refractivity contribution in [2.75, 3.05) is 12.9 Å². The third kappa shape index (κ3) is 6.12. The van der Waals surface area contributed by atoms with Crippen molar-refractivity contribution in [3.05, 3.63) is 126 Å². The van der Waals surface area contributed by atoms with Gasteiger partial charge in [0.2, 0.25) is 5.91 Å². The van der Waals surface area contributed by atoms with Crippen molar-refractivity contribution in [3.8, 4) is 22.8 Å². The molecule has 0 fully saturated rings. The standard InChI is InChI=1S/C31H28N4O2S/c1-37-27-19-11-16-25(21-27)30-33-34-31(35(30)26-17-9-4-10-18-26)38-22-29(36)32-28(24-14-7-3-8-15-24)20-23-12-5-2-6-13-23/h2-19,21,28H,20,22H2,1H3,(H,32,36). The zero-order valence-corrected chi connectivity index (χ0v) is 21.8. The van der Waals surface area contributed by atoms with Crippen LogP contribution in [0, 0.1) is 0 Å². The third-order valence-electron chi connectivity index (χ3n) is 6.13. The Morgan fingerprint density at radius 1 is 0.868 bits per heavy atom. The molecule has 38 heavy (non-hydrogen) atoms. The molecule has 0 aliphatic heterocycles. The molecular weight excluding hydrogens is 492 g/mol. The van der Waals surface area contributed by atoms with Gasteiger partial charge in [-0.15, -0.1) is 10.2 Å². The van der Waals surface area contributed by atoms with E-state index in [4.69, 9.17) is 4.74 Å². The first kappa shape index (κ1) is 25.3. The quantitative estimate of drug-likeness (QED) is 0.224. The molecule has 1 unspecified atom stereocenters. The van der Waals surface area contributed by atoms with E-state index in [2.05, 4.69) is 27.6 Å². The number of carbonyl (C=O) groups excluding carboxylic acids is 1. The Balaban J connectivity index is 1.37. The molecule has 5 rings (SSSR count). The Bertz CT molecular complexity index is 1470. The zero-order chi connectivity index (χ0) is 26.2. The van der Waals surface area contributed by atoms with E-state index in [1.807, 2.05) is 108 Å². The van der Waals surface area contributed by atoms with Crippen molar-refractivity contribution in [2.45, 2.75) is 17.6 Å². The number of nitrogens with zero attached hydrogens (tertiary/aromatic N) is 3. The Morgan fingerprint density at radius 3 is 2.26 bits per heavy atom. The summed E-state index contributed by atoms with van der Waals surface area (Å²) in [7, 11) is 1.64. The fourth-order valence-electron chi connectivity index (χ4n) is 4.28. The number of para-hydroxylation sites is 1. The molecule has 1 amide bonds. The van der Waals surface area contributed by atoms with Crippen LogP contribution in [-0.4, -0.2) is 33.5 Å². The van der Waals surface area contributed by atoms with Crippen molar-refractivity contribution in [3.63, 3.8) is 0 Å². The highest BCUT2D eigenvalue weighted by Gasteiger charge is 2.20. The first-order valence-corrected chi connectivity index (χ1v) is 13.4. The maximum atomic E-state index is 13.2. The second-order valence-corrected chi connectivity index (χ2v) is 9.66. The van der Waals surface area contributed by atoms with E-state index in [0.717, 1.165) is 22.6 Å². The molecule has 4 aromatic carbocycles. The van der Waals surface area contributed by atoms with Crippen LogP contribution in [0.1, 0.15) is 17.2 Å². The van der Waals surface area contributed by atoms with Crippen LogP contribution >= 0.6 is 11.8 Å². The van der Waals surface area contributed by atoms with Crippen molar-refractivity contribution >= 4 is 17.7 Å².